The van der Waals surface area contributed by atoms with Gasteiger partial charge in [0.05, 0.1) is 28.9 Å². The van der Waals surface area contributed by atoms with Crippen molar-refractivity contribution in [3.8, 4) is 6.07 Å². The predicted molar refractivity (Wildman–Crippen MR) is 112 cm³/mol. The number of ether oxygens (including phenoxy) is 1. The molecule has 0 spiro atoms. The van der Waals surface area contributed by atoms with Crippen LogP contribution in [0.2, 0.25) is 0 Å². The number of morpholine rings is 1. The van der Waals surface area contributed by atoms with Gasteiger partial charge in [-0.2, -0.15) is 18.4 Å². The Labute approximate surface area is 189 Å². The van der Waals surface area contributed by atoms with Crippen molar-refractivity contribution in [3.63, 3.8) is 0 Å². The van der Waals surface area contributed by atoms with Gasteiger partial charge in [-0.05, 0) is 24.6 Å². The molecule has 2 fully saturated rings. The third kappa shape index (κ3) is 4.95. The lowest BCUT2D eigenvalue weighted by Crippen LogP contribution is -2.45. The molecule has 2 aliphatic rings. The standard InChI is InChI=1S/C21H22F3N5O3S/c22-21(23,24)17-3-1-2-4-18(17)33(30,31)16-11-15(13-28-7-9-32-10-8-28)29(14-16)20-5-6-26-19(12-25)27-20/h1-6,15-16H,7-11,13-14H2/t15-,16+/m1/s1. The third-order valence-electron chi connectivity index (χ3n) is 5.92. The van der Waals surface area contributed by atoms with Crippen LogP contribution in [-0.2, 0) is 20.8 Å². The van der Waals surface area contributed by atoms with Crippen molar-refractivity contribution in [2.45, 2.75) is 28.8 Å². The molecular weight excluding hydrogens is 459 g/mol. The first-order valence-corrected chi connectivity index (χ1v) is 11.9. The number of anilines is 1. The highest BCUT2D eigenvalue weighted by Crippen LogP contribution is 2.38. The molecule has 3 heterocycles. The second-order valence-corrected chi connectivity index (χ2v) is 10.2. The highest BCUT2D eigenvalue weighted by Gasteiger charge is 2.45. The summed E-state index contributed by atoms with van der Waals surface area (Å²) in [5.41, 5.74) is -1.16. The molecule has 8 nitrogen and oxygen atoms in total. The van der Waals surface area contributed by atoms with Crippen LogP contribution in [0, 0.1) is 11.3 Å². The van der Waals surface area contributed by atoms with Crippen LogP contribution in [0.15, 0.2) is 41.4 Å². The fourth-order valence-corrected chi connectivity index (χ4v) is 6.28. The number of benzene rings is 1. The Kier molecular flexibility index (Phi) is 6.56. The van der Waals surface area contributed by atoms with E-state index >= 15 is 0 Å². The van der Waals surface area contributed by atoms with E-state index in [4.69, 9.17) is 10.00 Å². The van der Waals surface area contributed by atoms with Crippen LogP contribution < -0.4 is 4.90 Å². The zero-order valence-electron chi connectivity index (χ0n) is 17.6. The number of aromatic nitrogens is 2. The zero-order chi connectivity index (χ0) is 23.6. The topological polar surface area (TPSA) is 99.4 Å². The minimum absolute atomic E-state index is 0.0363. The molecule has 1 aromatic carbocycles. The molecule has 0 aliphatic carbocycles. The van der Waals surface area contributed by atoms with Gasteiger partial charge in [0.15, 0.2) is 9.84 Å². The molecule has 0 unspecified atom stereocenters. The molecule has 4 rings (SSSR count). The highest BCUT2D eigenvalue weighted by molar-refractivity contribution is 7.92. The van der Waals surface area contributed by atoms with Gasteiger partial charge in [0.1, 0.15) is 11.9 Å². The van der Waals surface area contributed by atoms with Crippen LogP contribution in [0.5, 0.6) is 0 Å². The van der Waals surface area contributed by atoms with Crippen molar-refractivity contribution < 1.29 is 26.3 Å². The first kappa shape index (κ1) is 23.4. The van der Waals surface area contributed by atoms with Crippen LogP contribution in [0.4, 0.5) is 19.0 Å². The lowest BCUT2D eigenvalue weighted by molar-refractivity contribution is -0.139. The van der Waals surface area contributed by atoms with E-state index in [0.29, 0.717) is 38.7 Å². The van der Waals surface area contributed by atoms with E-state index in [0.717, 1.165) is 12.1 Å². The van der Waals surface area contributed by atoms with Gasteiger partial charge in [-0.1, -0.05) is 12.1 Å². The Morgan fingerprint density at radius 3 is 2.61 bits per heavy atom. The van der Waals surface area contributed by atoms with E-state index in [2.05, 4.69) is 14.9 Å². The monoisotopic (exact) mass is 481 g/mol. The van der Waals surface area contributed by atoms with Crippen LogP contribution in [0.3, 0.4) is 0 Å². The number of nitrogens with zero attached hydrogens (tertiary/aromatic N) is 5. The van der Waals surface area contributed by atoms with Crippen LogP contribution >= 0.6 is 0 Å². The largest absolute Gasteiger partial charge is 0.417 e. The Hall–Kier alpha value is -2.75. The average molecular weight is 482 g/mol. The fraction of sp³-hybridized carbons (Fsp3) is 0.476. The molecule has 0 bridgehead atoms. The van der Waals surface area contributed by atoms with E-state index in [1.54, 1.807) is 11.0 Å². The minimum Gasteiger partial charge on any atom is -0.379 e. The summed E-state index contributed by atoms with van der Waals surface area (Å²) in [6.45, 7) is 2.92. The van der Waals surface area contributed by atoms with Crippen molar-refractivity contribution >= 4 is 15.7 Å². The van der Waals surface area contributed by atoms with Crippen LogP contribution in [-0.4, -0.2) is 74.0 Å². The molecule has 1 aromatic heterocycles. The molecule has 0 radical (unpaired) electrons. The molecule has 0 N–H and O–H groups in total. The Balaban J connectivity index is 1.68. The van der Waals surface area contributed by atoms with Crippen molar-refractivity contribution in [3.05, 3.63) is 47.9 Å². The molecule has 0 saturated carbocycles. The second kappa shape index (κ2) is 9.24. The lowest BCUT2D eigenvalue weighted by Gasteiger charge is -2.33. The molecule has 2 saturated heterocycles. The summed E-state index contributed by atoms with van der Waals surface area (Å²) >= 11 is 0. The normalized spacial score (nSPS) is 22.3. The van der Waals surface area contributed by atoms with Crippen LogP contribution in [0.1, 0.15) is 17.8 Å². The molecule has 12 heteroatoms. The highest BCUT2D eigenvalue weighted by atomic mass is 32.2. The number of hydrogen-bond acceptors (Lipinski definition) is 8. The molecule has 2 aromatic rings. The van der Waals surface area contributed by atoms with Gasteiger partial charge in [0.2, 0.25) is 5.82 Å². The number of sulfone groups is 1. The van der Waals surface area contributed by atoms with Gasteiger partial charge in [0, 0.05) is 38.4 Å². The van der Waals surface area contributed by atoms with Gasteiger partial charge >= 0.3 is 6.18 Å². The first-order valence-electron chi connectivity index (χ1n) is 10.4. The summed E-state index contributed by atoms with van der Waals surface area (Å²) in [5, 5.41) is 8.09. The van der Waals surface area contributed by atoms with Crippen LogP contribution in [0.25, 0.3) is 0 Å². The number of nitriles is 1. The van der Waals surface area contributed by atoms with Crippen molar-refractivity contribution in [2.24, 2.45) is 0 Å². The van der Waals surface area contributed by atoms with Gasteiger partial charge in [0.25, 0.3) is 0 Å². The van der Waals surface area contributed by atoms with E-state index < -0.39 is 31.7 Å². The number of halogens is 3. The number of hydrogen-bond donors (Lipinski definition) is 0. The smallest absolute Gasteiger partial charge is 0.379 e. The fourth-order valence-electron chi connectivity index (χ4n) is 4.33. The van der Waals surface area contributed by atoms with E-state index in [9.17, 15) is 21.6 Å². The second-order valence-electron chi connectivity index (χ2n) is 7.97. The molecular formula is C21H22F3N5O3S. The summed E-state index contributed by atoms with van der Waals surface area (Å²) in [7, 11) is -4.30. The number of rotatable bonds is 5. The first-order chi connectivity index (χ1) is 15.7. The van der Waals surface area contributed by atoms with Gasteiger partial charge in [-0.15, -0.1) is 0 Å². The molecule has 2 aliphatic heterocycles. The molecule has 2 atom stereocenters. The van der Waals surface area contributed by atoms with Gasteiger partial charge < -0.3 is 9.64 Å². The van der Waals surface area contributed by atoms with Crippen molar-refractivity contribution in [2.75, 3.05) is 44.3 Å². The average Bonchev–Trinajstić information content (AvgIpc) is 3.24. The minimum atomic E-state index is -4.79. The lowest BCUT2D eigenvalue weighted by atomic mass is 10.2. The molecule has 0 amide bonds. The third-order valence-corrected chi connectivity index (χ3v) is 8.11. The summed E-state index contributed by atoms with van der Waals surface area (Å²) in [6, 6.07) is 7.38. The maximum atomic E-state index is 13.5. The summed E-state index contributed by atoms with van der Waals surface area (Å²) < 4.78 is 72.8. The summed E-state index contributed by atoms with van der Waals surface area (Å²) in [4.78, 5) is 11.2. The SMILES string of the molecule is N#Cc1nccc(N2C[C@@H](S(=O)(=O)c3ccccc3C(F)(F)F)C[C@@H]2CN2CCOCC2)n1. The quantitative estimate of drug-likeness (QED) is 0.641. The van der Waals surface area contributed by atoms with E-state index in [1.165, 1.54) is 18.3 Å². The Morgan fingerprint density at radius 2 is 1.91 bits per heavy atom. The predicted octanol–water partition coefficient (Wildman–Crippen LogP) is 2.12. The maximum absolute atomic E-state index is 13.5. The zero-order valence-corrected chi connectivity index (χ0v) is 18.4. The van der Waals surface area contributed by atoms with Gasteiger partial charge in [-0.25, -0.2) is 18.4 Å². The van der Waals surface area contributed by atoms with Crippen molar-refractivity contribution in [1.82, 2.24) is 14.9 Å². The van der Waals surface area contributed by atoms with Crippen molar-refractivity contribution in [1.29, 1.82) is 5.26 Å². The number of alkyl halides is 3. The van der Waals surface area contributed by atoms with E-state index in [-0.39, 0.29) is 24.8 Å². The summed E-state index contributed by atoms with van der Waals surface area (Å²) in [5.74, 6) is 0.313. The Morgan fingerprint density at radius 1 is 1.18 bits per heavy atom. The van der Waals surface area contributed by atoms with Gasteiger partial charge in [-0.3, -0.25) is 4.90 Å². The van der Waals surface area contributed by atoms with E-state index in [1.807, 2.05) is 6.07 Å². The Bertz CT molecular complexity index is 1150. The molecule has 176 valence electrons. The molecule has 33 heavy (non-hydrogen) atoms. The summed E-state index contributed by atoms with van der Waals surface area (Å²) in [6.07, 6.45) is -3.24. The maximum Gasteiger partial charge on any atom is 0.417 e.